The van der Waals surface area contributed by atoms with Crippen molar-refractivity contribution in [1.29, 1.82) is 0 Å². The molecule has 119 valence electrons. The topological polar surface area (TPSA) is 179 Å². The van der Waals surface area contributed by atoms with Crippen molar-refractivity contribution in [2.75, 3.05) is 13.1 Å². The van der Waals surface area contributed by atoms with Gasteiger partial charge in [-0.1, -0.05) is 0 Å². The summed E-state index contributed by atoms with van der Waals surface area (Å²) in [6, 6.07) is -1.48. The second-order valence-electron chi connectivity index (χ2n) is 3.75. The Morgan fingerprint density at radius 1 is 0.842 bits per heavy atom. The van der Waals surface area contributed by atoms with Gasteiger partial charge in [0.2, 0.25) is 0 Å². The number of carboxylic acids is 2. The van der Waals surface area contributed by atoms with Crippen LogP contribution in [0.15, 0.2) is 0 Å². The molecule has 0 saturated carbocycles. The molecular formula is C10H24CuN4O4. The van der Waals surface area contributed by atoms with Crippen LogP contribution in [-0.2, 0) is 26.7 Å². The van der Waals surface area contributed by atoms with Gasteiger partial charge < -0.3 is 33.1 Å². The Hall–Kier alpha value is -0.701. The summed E-state index contributed by atoms with van der Waals surface area (Å²) in [5.41, 5.74) is 20.6. The zero-order chi connectivity index (χ0) is 14.6. The van der Waals surface area contributed by atoms with Crippen molar-refractivity contribution >= 4 is 11.9 Å². The summed E-state index contributed by atoms with van der Waals surface area (Å²) >= 11 is 0. The molecule has 0 aromatic rings. The number of carboxylic acid groups (broad SMARTS) is 2. The maximum absolute atomic E-state index is 10.0. The Bertz CT molecular complexity index is 220. The van der Waals surface area contributed by atoms with E-state index in [0.29, 0.717) is 38.8 Å². The minimum absolute atomic E-state index is 0. The van der Waals surface area contributed by atoms with Gasteiger partial charge in [0.25, 0.3) is 0 Å². The molecule has 0 aliphatic carbocycles. The fourth-order valence-electron chi connectivity index (χ4n) is 0.922. The van der Waals surface area contributed by atoms with Crippen LogP contribution in [-0.4, -0.2) is 47.3 Å². The zero-order valence-corrected chi connectivity index (χ0v) is 11.7. The Labute approximate surface area is 123 Å². The van der Waals surface area contributed by atoms with Gasteiger partial charge in [0.1, 0.15) is 12.1 Å². The van der Waals surface area contributed by atoms with Crippen molar-refractivity contribution in [1.82, 2.24) is 0 Å². The molecule has 0 fully saturated rings. The first-order chi connectivity index (χ1) is 8.36. The van der Waals surface area contributed by atoms with E-state index in [4.69, 9.17) is 33.1 Å². The van der Waals surface area contributed by atoms with Crippen molar-refractivity contribution < 1.29 is 36.9 Å². The summed E-state index contributed by atoms with van der Waals surface area (Å²) in [7, 11) is 0. The predicted molar refractivity (Wildman–Crippen MR) is 67.8 cm³/mol. The van der Waals surface area contributed by atoms with Gasteiger partial charge in [-0.25, -0.2) is 0 Å². The Morgan fingerprint density at radius 3 is 1.26 bits per heavy atom. The van der Waals surface area contributed by atoms with Gasteiger partial charge in [0.15, 0.2) is 0 Å². The van der Waals surface area contributed by atoms with Crippen molar-refractivity contribution in [2.24, 2.45) is 22.9 Å². The first-order valence-electron chi connectivity index (χ1n) is 5.73. The van der Waals surface area contributed by atoms with E-state index in [2.05, 4.69) is 0 Å². The summed E-state index contributed by atoms with van der Waals surface area (Å²) < 4.78 is 0. The number of hydrogen-bond acceptors (Lipinski definition) is 6. The third-order valence-corrected chi connectivity index (χ3v) is 2.07. The fraction of sp³-hybridized carbons (Fsp3) is 0.800. The van der Waals surface area contributed by atoms with E-state index in [1.165, 1.54) is 0 Å². The van der Waals surface area contributed by atoms with Gasteiger partial charge >= 0.3 is 11.9 Å². The van der Waals surface area contributed by atoms with Crippen molar-refractivity contribution in [3.8, 4) is 0 Å². The van der Waals surface area contributed by atoms with Crippen LogP contribution < -0.4 is 22.9 Å². The largest absolute Gasteiger partial charge is 0.480 e. The Balaban J connectivity index is -0.000000256. The summed E-state index contributed by atoms with van der Waals surface area (Å²) in [6.07, 6.45) is 2.28. The molecule has 0 unspecified atom stereocenters. The molecule has 8 nitrogen and oxygen atoms in total. The van der Waals surface area contributed by atoms with Gasteiger partial charge in [-0.2, -0.15) is 0 Å². The molecule has 0 aliphatic heterocycles. The van der Waals surface area contributed by atoms with Crippen LogP contribution in [0.1, 0.15) is 25.7 Å². The van der Waals surface area contributed by atoms with Crippen molar-refractivity contribution in [3.05, 3.63) is 0 Å². The van der Waals surface area contributed by atoms with Crippen molar-refractivity contribution in [3.63, 3.8) is 0 Å². The third kappa shape index (κ3) is 17.3. The molecule has 1 radical (unpaired) electrons. The van der Waals surface area contributed by atoms with Crippen LogP contribution in [0.4, 0.5) is 0 Å². The van der Waals surface area contributed by atoms with E-state index in [-0.39, 0.29) is 17.1 Å². The maximum Gasteiger partial charge on any atom is 0.320 e. The van der Waals surface area contributed by atoms with E-state index < -0.39 is 24.0 Å². The van der Waals surface area contributed by atoms with Crippen LogP contribution in [0.25, 0.3) is 0 Å². The van der Waals surface area contributed by atoms with E-state index >= 15 is 0 Å². The fourth-order valence-corrected chi connectivity index (χ4v) is 0.922. The average molecular weight is 328 g/mol. The van der Waals surface area contributed by atoms with Gasteiger partial charge in [0.05, 0.1) is 0 Å². The van der Waals surface area contributed by atoms with E-state index in [1.807, 2.05) is 0 Å². The molecule has 0 spiro atoms. The number of hydrogen-bond donors (Lipinski definition) is 6. The van der Waals surface area contributed by atoms with Gasteiger partial charge in [0, 0.05) is 17.1 Å². The first-order valence-corrected chi connectivity index (χ1v) is 5.73. The summed E-state index contributed by atoms with van der Waals surface area (Å²) in [4.78, 5) is 20.1. The standard InChI is InChI=1S/2C5H12N2O2.Cu/c2*6-3-1-2-4(7)5(8)9;/h2*4H,1-3,6-7H2,(H,8,9);/t2*4-;/m00./s1. The molecule has 0 heterocycles. The molecule has 0 aromatic carbocycles. The van der Waals surface area contributed by atoms with Crippen LogP contribution in [0.2, 0.25) is 0 Å². The first kappa shape index (κ1) is 23.4. The molecular weight excluding hydrogens is 304 g/mol. The number of rotatable bonds is 8. The molecule has 0 saturated heterocycles. The molecule has 19 heavy (non-hydrogen) atoms. The van der Waals surface area contributed by atoms with Crippen LogP contribution in [0.5, 0.6) is 0 Å². The summed E-state index contributed by atoms with van der Waals surface area (Å²) in [5.74, 6) is -1.91. The van der Waals surface area contributed by atoms with E-state index in [9.17, 15) is 9.59 Å². The van der Waals surface area contributed by atoms with Crippen LogP contribution in [0, 0.1) is 0 Å². The maximum atomic E-state index is 10.0. The van der Waals surface area contributed by atoms with E-state index in [0.717, 1.165) is 0 Å². The monoisotopic (exact) mass is 327 g/mol. The van der Waals surface area contributed by atoms with Gasteiger partial charge in [-0.15, -0.1) is 0 Å². The minimum Gasteiger partial charge on any atom is -0.480 e. The third-order valence-electron chi connectivity index (χ3n) is 2.07. The Kier molecular flexibility index (Phi) is 18.9. The van der Waals surface area contributed by atoms with Crippen LogP contribution in [0.3, 0.4) is 0 Å². The number of carbonyl (C=O) groups is 2. The van der Waals surface area contributed by atoms with Gasteiger partial charge in [-0.05, 0) is 38.8 Å². The molecule has 2 atom stereocenters. The summed E-state index contributed by atoms with van der Waals surface area (Å²) in [5, 5.41) is 16.5. The minimum atomic E-state index is -0.955. The normalized spacial score (nSPS) is 12.4. The van der Waals surface area contributed by atoms with Gasteiger partial charge in [-0.3, -0.25) is 9.59 Å². The van der Waals surface area contributed by atoms with Crippen molar-refractivity contribution in [2.45, 2.75) is 37.8 Å². The summed E-state index contributed by atoms with van der Waals surface area (Å²) in [6.45, 7) is 1.00. The zero-order valence-electron chi connectivity index (χ0n) is 10.7. The second-order valence-corrected chi connectivity index (χ2v) is 3.75. The molecule has 0 rings (SSSR count). The number of nitrogens with two attached hydrogens (primary N) is 4. The second kappa shape index (κ2) is 15.4. The smallest absolute Gasteiger partial charge is 0.320 e. The molecule has 0 bridgehead atoms. The molecule has 0 amide bonds. The molecule has 9 heteroatoms. The number of aliphatic carboxylic acids is 2. The van der Waals surface area contributed by atoms with E-state index in [1.54, 1.807) is 0 Å². The molecule has 10 N–H and O–H groups in total. The average Bonchev–Trinajstić information content (AvgIpc) is 2.33. The molecule has 0 aliphatic rings. The Morgan fingerprint density at radius 2 is 1.11 bits per heavy atom. The van der Waals surface area contributed by atoms with Crippen LogP contribution >= 0.6 is 0 Å². The predicted octanol–water partition coefficient (Wildman–Crippen LogP) is -1.73. The quantitative estimate of drug-likeness (QED) is 0.284. The SMILES string of the molecule is NCCC[C@H](N)C(=O)O.NCCC[C@H](N)C(=O)O.[Cu]. The molecule has 0 aromatic heterocycles.